The maximum absolute atomic E-state index is 13.0. The van der Waals surface area contributed by atoms with E-state index in [9.17, 15) is 13.2 Å². The van der Waals surface area contributed by atoms with Crippen LogP contribution in [-0.2, 0) is 10.0 Å². The van der Waals surface area contributed by atoms with E-state index in [1.54, 1.807) is 17.0 Å². The summed E-state index contributed by atoms with van der Waals surface area (Å²) in [6, 6.07) is 12.1. The Morgan fingerprint density at radius 2 is 1.56 bits per heavy atom. The molecule has 0 atom stereocenters. The number of ether oxygens (including phenoxy) is 1. The van der Waals surface area contributed by atoms with Crippen molar-refractivity contribution in [2.75, 3.05) is 33.3 Å². The number of halogens is 2. The third kappa shape index (κ3) is 4.21. The molecule has 144 valence electrons. The van der Waals surface area contributed by atoms with E-state index in [1.165, 1.54) is 23.5 Å². The van der Waals surface area contributed by atoms with E-state index < -0.39 is 10.0 Å². The molecule has 0 spiro atoms. The molecule has 0 N–H and O–H groups in total. The van der Waals surface area contributed by atoms with Gasteiger partial charge in [-0.3, -0.25) is 4.79 Å². The Morgan fingerprint density at radius 1 is 1.00 bits per heavy atom. The van der Waals surface area contributed by atoms with Crippen molar-refractivity contribution in [3.05, 3.63) is 57.0 Å². The SMILES string of the molecule is COc1c(Br)cc(S(=O)(=O)N2CCN(C(=O)c3ccccc3)CC2)cc1Br. The lowest BCUT2D eigenvalue weighted by molar-refractivity contribution is 0.0698. The van der Waals surface area contributed by atoms with Crippen molar-refractivity contribution in [2.45, 2.75) is 4.90 Å². The molecule has 1 aliphatic rings. The predicted molar refractivity (Wildman–Crippen MR) is 109 cm³/mol. The van der Waals surface area contributed by atoms with E-state index in [-0.39, 0.29) is 23.9 Å². The Balaban J connectivity index is 1.74. The molecule has 0 bridgehead atoms. The number of nitrogens with zero attached hydrogens (tertiary/aromatic N) is 2. The van der Waals surface area contributed by atoms with Gasteiger partial charge < -0.3 is 9.64 Å². The quantitative estimate of drug-likeness (QED) is 0.623. The van der Waals surface area contributed by atoms with Crippen LogP contribution in [0.5, 0.6) is 5.75 Å². The minimum atomic E-state index is -3.67. The number of amides is 1. The fraction of sp³-hybridized carbons (Fsp3) is 0.278. The Labute approximate surface area is 175 Å². The van der Waals surface area contributed by atoms with E-state index >= 15 is 0 Å². The van der Waals surface area contributed by atoms with E-state index in [1.807, 2.05) is 18.2 Å². The van der Waals surface area contributed by atoms with Gasteiger partial charge in [-0.1, -0.05) is 18.2 Å². The van der Waals surface area contributed by atoms with Gasteiger partial charge in [-0.25, -0.2) is 8.42 Å². The van der Waals surface area contributed by atoms with Crippen LogP contribution < -0.4 is 4.74 Å². The average Bonchev–Trinajstić information content (AvgIpc) is 2.68. The molecule has 3 rings (SSSR count). The average molecular weight is 518 g/mol. The summed E-state index contributed by atoms with van der Waals surface area (Å²) in [7, 11) is -2.15. The number of hydrogen-bond acceptors (Lipinski definition) is 4. The highest BCUT2D eigenvalue weighted by atomic mass is 79.9. The lowest BCUT2D eigenvalue weighted by Gasteiger charge is -2.34. The van der Waals surface area contributed by atoms with Gasteiger partial charge in [0.15, 0.2) is 0 Å². The van der Waals surface area contributed by atoms with E-state index in [0.717, 1.165) is 0 Å². The Morgan fingerprint density at radius 3 is 2.07 bits per heavy atom. The van der Waals surface area contributed by atoms with E-state index in [4.69, 9.17) is 4.74 Å². The minimum absolute atomic E-state index is 0.0809. The van der Waals surface area contributed by atoms with E-state index in [0.29, 0.717) is 33.3 Å². The molecular weight excluding hydrogens is 500 g/mol. The van der Waals surface area contributed by atoms with Crippen LogP contribution in [0.25, 0.3) is 0 Å². The second kappa shape index (κ2) is 8.30. The van der Waals surface area contributed by atoms with Gasteiger partial charge in [-0.2, -0.15) is 4.31 Å². The van der Waals surface area contributed by atoms with Gasteiger partial charge in [0.1, 0.15) is 5.75 Å². The largest absolute Gasteiger partial charge is 0.494 e. The highest BCUT2D eigenvalue weighted by Crippen LogP contribution is 2.36. The first-order chi connectivity index (χ1) is 12.8. The molecule has 27 heavy (non-hydrogen) atoms. The number of sulfonamides is 1. The maximum atomic E-state index is 13.0. The molecule has 1 heterocycles. The molecule has 0 aliphatic carbocycles. The van der Waals surface area contributed by atoms with Crippen LogP contribution in [0, 0.1) is 0 Å². The number of benzene rings is 2. The summed E-state index contributed by atoms with van der Waals surface area (Å²) in [5.74, 6) is 0.454. The molecule has 6 nitrogen and oxygen atoms in total. The van der Waals surface area contributed by atoms with Crippen LogP contribution in [-0.4, -0.2) is 56.8 Å². The van der Waals surface area contributed by atoms with Crippen molar-refractivity contribution in [3.63, 3.8) is 0 Å². The molecule has 1 amide bonds. The highest BCUT2D eigenvalue weighted by Gasteiger charge is 2.31. The zero-order chi connectivity index (χ0) is 19.6. The summed E-state index contributed by atoms with van der Waals surface area (Å²) < 4.78 is 33.7. The van der Waals surface area contributed by atoms with Gasteiger partial charge in [0.25, 0.3) is 5.91 Å². The van der Waals surface area contributed by atoms with Crippen LogP contribution in [0.2, 0.25) is 0 Å². The number of rotatable bonds is 4. The Hall–Kier alpha value is -1.42. The molecule has 2 aromatic rings. The molecule has 1 fully saturated rings. The highest BCUT2D eigenvalue weighted by molar-refractivity contribution is 9.11. The van der Waals surface area contributed by atoms with Crippen molar-refractivity contribution in [1.82, 2.24) is 9.21 Å². The van der Waals surface area contributed by atoms with Crippen molar-refractivity contribution >= 4 is 47.8 Å². The zero-order valence-electron chi connectivity index (χ0n) is 14.6. The third-order valence-corrected chi connectivity index (χ3v) is 7.41. The van der Waals surface area contributed by atoms with Crippen molar-refractivity contribution in [2.24, 2.45) is 0 Å². The fourth-order valence-electron chi connectivity index (χ4n) is 2.92. The van der Waals surface area contributed by atoms with E-state index in [2.05, 4.69) is 31.9 Å². The smallest absolute Gasteiger partial charge is 0.253 e. The van der Waals surface area contributed by atoms with Crippen molar-refractivity contribution in [1.29, 1.82) is 0 Å². The molecule has 0 radical (unpaired) electrons. The minimum Gasteiger partial charge on any atom is -0.494 e. The first kappa shape index (κ1) is 20.3. The summed E-state index contributed by atoms with van der Waals surface area (Å²) in [6.45, 7) is 1.21. The lowest BCUT2D eigenvalue weighted by Crippen LogP contribution is -2.50. The van der Waals surface area contributed by atoms with Crippen molar-refractivity contribution in [3.8, 4) is 5.75 Å². The molecule has 2 aromatic carbocycles. The summed E-state index contributed by atoms with van der Waals surface area (Å²) in [5.41, 5.74) is 0.608. The topological polar surface area (TPSA) is 66.9 Å². The molecule has 0 saturated carbocycles. The van der Waals surface area contributed by atoms with Gasteiger partial charge in [0.05, 0.1) is 21.0 Å². The summed E-state index contributed by atoms with van der Waals surface area (Å²) in [4.78, 5) is 14.4. The van der Waals surface area contributed by atoms with Gasteiger partial charge >= 0.3 is 0 Å². The monoisotopic (exact) mass is 516 g/mol. The third-order valence-electron chi connectivity index (χ3n) is 4.36. The van der Waals surface area contributed by atoms with Crippen LogP contribution in [0.4, 0.5) is 0 Å². The molecular formula is C18H18Br2N2O4S. The number of methoxy groups -OCH3 is 1. The van der Waals surface area contributed by atoms with Crippen LogP contribution in [0.3, 0.4) is 0 Å². The first-order valence-electron chi connectivity index (χ1n) is 8.22. The summed E-state index contributed by atoms with van der Waals surface area (Å²) in [6.07, 6.45) is 0. The Bertz CT molecular complexity index is 920. The lowest BCUT2D eigenvalue weighted by atomic mass is 10.2. The molecule has 0 aromatic heterocycles. The van der Waals surface area contributed by atoms with Crippen LogP contribution in [0.15, 0.2) is 56.3 Å². The van der Waals surface area contributed by atoms with Gasteiger partial charge in [0.2, 0.25) is 10.0 Å². The fourth-order valence-corrected chi connectivity index (χ4v) is 6.21. The van der Waals surface area contributed by atoms with Crippen LogP contribution in [0.1, 0.15) is 10.4 Å². The second-order valence-corrected chi connectivity index (χ2v) is 9.63. The molecule has 9 heteroatoms. The Kier molecular flexibility index (Phi) is 6.25. The number of carbonyl (C=O) groups is 1. The zero-order valence-corrected chi connectivity index (χ0v) is 18.5. The number of piperazine rings is 1. The van der Waals surface area contributed by atoms with Gasteiger partial charge in [-0.15, -0.1) is 0 Å². The second-order valence-electron chi connectivity index (χ2n) is 5.98. The number of carbonyl (C=O) groups excluding carboxylic acids is 1. The van der Waals surface area contributed by atoms with Gasteiger partial charge in [0, 0.05) is 31.7 Å². The molecule has 1 saturated heterocycles. The number of hydrogen-bond donors (Lipinski definition) is 0. The van der Waals surface area contributed by atoms with Gasteiger partial charge in [-0.05, 0) is 56.1 Å². The molecule has 0 unspecified atom stereocenters. The van der Waals surface area contributed by atoms with Crippen LogP contribution >= 0.6 is 31.9 Å². The maximum Gasteiger partial charge on any atom is 0.253 e. The first-order valence-corrected chi connectivity index (χ1v) is 11.2. The molecule has 1 aliphatic heterocycles. The summed E-state index contributed by atoms with van der Waals surface area (Å²) >= 11 is 6.68. The predicted octanol–water partition coefficient (Wildman–Crippen LogP) is 3.37. The standard InChI is InChI=1S/C18H18Br2N2O4S/c1-26-17-15(19)11-14(12-16(17)20)27(24,25)22-9-7-21(8-10-22)18(23)13-5-3-2-4-6-13/h2-6,11-12H,7-10H2,1H3. The normalized spacial score (nSPS) is 15.6. The summed E-state index contributed by atoms with van der Waals surface area (Å²) in [5, 5.41) is 0. The van der Waals surface area contributed by atoms with Crippen molar-refractivity contribution < 1.29 is 17.9 Å².